The molecule has 0 spiro atoms. The Morgan fingerprint density at radius 3 is 2.00 bits per heavy atom. The summed E-state index contributed by atoms with van der Waals surface area (Å²) in [6.07, 6.45) is -2.84. The molecule has 0 radical (unpaired) electrons. The first-order valence-corrected chi connectivity index (χ1v) is 4.21. The molecule has 0 aromatic rings. The molecule has 6 heteroatoms. The van der Waals surface area contributed by atoms with Gasteiger partial charge < -0.3 is 5.21 Å². The Kier molecular flexibility index (Phi) is 4.78. The van der Waals surface area contributed by atoms with Crippen molar-refractivity contribution in [3.63, 3.8) is 0 Å². The van der Waals surface area contributed by atoms with E-state index in [0.29, 0.717) is 0 Å². The molecule has 0 aliphatic carbocycles. The van der Waals surface area contributed by atoms with Crippen LogP contribution in [-0.2, 0) is 0 Å². The minimum Gasteiger partial charge on any atom is -0.411 e. The molecule has 0 aliphatic heterocycles. The maximum Gasteiger partial charge on any atom is 0.280 e. The molecule has 0 saturated carbocycles. The van der Waals surface area contributed by atoms with E-state index in [1.165, 1.54) is 6.92 Å². The van der Waals surface area contributed by atoms with Gasteiger partial charge in [0.2, 0.25) is 0 Å². The molecule has 0 saturated heterocycles. The van der Waals surface area contributed by atoms with E-state index < -0.39 is 17.6 Å². The van der Waals surface area contributed by atoms with E-state index in [0.717, 1.165) is 0 Å². The van der Waals surface area contributed by atoms with Gasteiger partial charge >= 0.3 is 0 Å². The van der Waals surface area contributed by atoms with E-state index in [9.17, 15) is 8.78 Å². The Labute approximate surface area is 79.1 Å². The summed E-state index contributed by atoms with van der Waals surface area (Å²) < 4.78 is 24.3. The highest BCUT2D eigenvalue weighted by molar-refractivity contribution is 6.24. The molecule has 1 N–H and O–H groups in total. The molecule has 0 rings (SSSR count). The molecule has 0 unspecified atom stereocenters. The number of alkyl halides is 4. The topological polar surface area (TPSA) is 32.6 Å². The molecule has 0 fully saturated rings. The molecule has 0 aliphatic rings. The van der Waals surface area contributed by atoms with Crippen LogP contribution in [0.2, 0.25) is 0 Å². The van der Waals surface area contributed by atoms with Gasteiger partial charge in [0.25, 0.3) is 6.43 Å². The first kappa shape index (κ1) is 11.9. The first-order chi connectivity index (χ1) is 5.51. The van der Waals surface area contributed by atoms with Crippen LogP contribution in [0.4, 0.5) is 8.78 Å². The monoisotopic (exact) mass is 219 g/mol. The zero-order valence-corrected chi connectivity index (χ0v) is 7.91. The zero-order chi connectivity index (χ0) is 9.78. The Morgan fingerprint density at radius 2 is 1.92 bits per heavy atom. The van der Waals surface area contributed by atoms with Crippen LogP contribution in [0, 0.1) is 5.41 Å². The lowest BCUT2D eigenvalue weighted by molar-refractivity contribution is 0.199. The van der Waals surface area contributed by atoms with Gasteiger partial charge in [-0.25, -0.2) is 8.78 Å². The smallest absolute Gasteiger partial charge is 0.280 e. The first-order valence-electron chi connectivity index (χ1n) is 3.14. The van der Waals surface area contributed by atoms with Gasteiger partial charge in [0.1, 0.15) is 5.71 Å². The molecular formula is C6H9Cl2F2NO. The van der Waals surface area contributed by atoms with Gasteiger partial charge in [-0.05, 0) is 0 Å². The molecule has 72 valence electrons. The van der Waals surface area contributed by atoms with E-state index in [4.69, 9.17) is 28.4 Å². The highest BCUT2D eigenvalue weighted by atomic mass is 35.5. The van der Waals surface area contributed by atoms with Crippen molar-refractivity contribution >= 4 is 28.9 Å². The summed E-state index contributed by atoms with van der Waals surface area (Å²) in [5.41, 5.74) is -1.82. The third kappa shape index (κ3) is 2.45. The maximum absolute atomic E-state index is 12.2. The van der Waals surface area contributed by atoms with Crippen LogP contribution in [0.1, 0.15) is 6.92 Å². The van der Waals surface area contributed by atoms with E-state index in [1.54, 1.807) is 0 Å². The van der Waals surface area contributed by atoms with Crippen LogP contribution < -0.4 is 0 Å². The van der Waals surface area contributed by atoms with Crippen LogP contribution in [0.3, 0.4) is 0 Å². The number of hydrogen-bond donors (Lipinski definition) is 1. The molecule has 0 atom stereocenters. The third-order valence-electron chi connectivity index (χ3n) is 1.52. The van der Waals surface area contributed by atoms with Gasteiger partial charge in [0.15, 0.2) is 0 Å². The van der Waals surface area contributed by atoms with E-state index in [-0.39, 0.29) is 11.8 Å². The zero-order valence-electron chi connectivity index (χ0n) is 6.40. The van der Waals surface area contributed by atoms with Crippen molar-refractivity contribution < 1.29 is 14.0 Å². The summed E-state index contributed by atoms with van der Waals surface area (Å²) in [4.78, 5) is 0. The van der Waals surface area contributed by atoms with Gasteiger partial charge in [0.05, 0.1) is 0 Å². The van der Waals surface area contributed by atoms with E-state index in [2.05, 4.69) is 5.16 Å². The third-order valence-corrected chi connectivity index (χ3v) is 2.70. The van der Waals surface area contributed by atoms with Crippen LogP contribution in [0.15, 0.2) is 5.16 Å². The summed E-state index contributed by atoms with van der Waals surface area (Å²) >= 11 is 10.8. The quantitative estimate of drug-likeness (QED) is 0.336. The predicted octanol–water partition coefficient (Wildman–Crippen LogP) is 2.57. The molecule has 0 heterocycles. The number of halogens is 4. The molecule has 0 amide bonds. The fourth-order valence-electron chi connectivity index (χ4n) is 0.600. The SMILES string of the molecule is CC(CCl)(CCl)C(=NO)C(F)F. The van der Waals surface area contributed by atoms with Crippen LogP contribution >= 0.6 is 23.2 Å². The molecule has 0 bridgehead atoms. The van der Waals surface area contributed by atoms with Crippen molar-refractivity contribution in [2.75, 3.05) is 11.8 Å². The second kappa shape index (κ2) is 4.82. The van der Waals surface area contributed by atoms with Gasteiger partial charge in [0, 0.05) is 17.2 Å². The minimum absolute atomic E-state index is 0.111. The number of oxime groups is 1. The summed E-state index contributed by atoms with van der Waals surface area (Å²) in [6.45, 7) is 1.41. The van der Waals surface area contributed by atoms with Crippen LogP contribution in [0.25, 0.3) is 0 Å². The molecule has 0 aromatic carbocycles. The van der Waals surface area contributed by atoms with Gasteiger partial charge in [-0.15, -0.1) is 23.2 Å². The fourth-order valence-corrected chi connectivity index (χ4v) is 1.16. The van der Waals surface area contributed by atoms with Gasteiger partial charge in [-0.3, -0.25) is 0 Å². The van der Waals surface area contributed by atoms with Crippen molar-refractivity contribution in [1.29, 1.82) is 0 Å². The normalized spacial score (nSPS) is 14.0. The summed E-state index contributed by atoms with van der Waals surface area (Å²) in [7, 11) is 0. The van der Waals surface area contributed by atoms with E-state index in [1.807, 2.05) is 0 Å². The van der Waals surface area contributed by atoms with Crippen molar-refractivity contribution in [2.24, 2.45) is 10.6 Å². The Balaban J connectivity index is 4.69. The predicted molar refractivity (Wildman–Crippen MR) is 44.8 cm³/mol. The fraction of sp³-hybridized carbons (Fsp3) is 0.833. The van der Waals surface area contributed by atoms with Crippen molar-refractivity contribution in [3.8, 4) is 0 Å². The number of hydrogen-bond acceptors (Lipinski definition) is 2. The molecule has 0 aromatic heterocycles. The van der Waals surface area contributed by atoms with Crippen molar-refractivity contribution in [3.05, 3.63) is 0 Å². The summed E-state index contributed by atoms with van der Waals surface area (Å²) in [5.74, 6) is -0.222. The van der Waals surface area contributed by atoms with Crippen molar-refractivity contribution in [1.82, 2.24) is 0 Å². The number of nitrogens with zero attached hydrogens (tertiary/aromatic N) is 1. The largest absolute Gasteiger partial charge is 0.411 e. The second-order valence-corrected chi connectivity index (χ2v) is 3.15. The standard InChI is InChI=1S/C6H9Cl2F2NO/c1-6(2-7,3-8)4(11-12)5(9)10/h5,12H,2-3H2,1H3. The lowest BCUT2D eigenvalue weighted by Crippen LogP contribution is -2.36. The highest BCUT2D eigenvalue weighted by Crippen LogP contribution is 2.26. The minimum atomic E-state index is -2.84. The van der Waals surface area contributed by atoms with Crippen LogP contribution in [0.5, 0.6) is 0 Å². The maximum atomic E-state index is 12.2. The van der Waals surface area contributed by atoms with Gasteiger partial charge in [-0.2, -0.15) is 0 Å². The summed E-state index contributed by atoms with van der Waals surface area (Å²) in [5, 5.41) is 10.8. The Hall–Kier alpha value is -0.0900. The average Bonchev–Trinajstić information content (AvgIpc) is 2.04. The average molecular weight is 220 g/mol. The molecule has 12 heavy (non-hydrogen) atoms. The van der Waals surface area contributed by atoms with Crippen LogP contribution in [-0.4, -0.2) is 29.1 Å². The summed E-state index contributed by atoms with van der Waals surface area (Å²) in [6, 6.07) is 0. The lowest BCUT2D eigenvalue weighted by atomic mass is 9.89. The van der Waals surface area contributed by atoms with Crippen molar-refractivity contribution in [2.45, 2.75) is 13.3 Å². The number of rotatable bonds is 4. The highest BCUT2D eigenvalue weighted by Gasteiger charge is 2.35. The molecule has 2 nitrogen and oxygen atoms in total. The second-order valence-electron chi connectivity index (χ2n) is 2.61. The van der Waals surface area contributed by atoms with Gasteiger partial charge in [-0.1, -0.05) is 12.1 Å². The molecular weight excluding hydrogens is 211 g/mol. The Bertz CT molecular complexity index is 171. The Morgan fingerprint density at radius 1 is 1.50 bits per heavy atom. The lowest BCUT2D eigenvalue weighted by Gasteiger charge is -2.24. The van der Waals surface area contributed by atoms with E-state index >= 15 is 0 Å².